The van der Waals surface area contributed by atoms with Crippen LogP contribution in [0.15, 0.2) is 41.0 Å². The Hall–Kier alpha value is -1.88. The summed E-state index contributed by atoms with van der Waals surface area (Å²) in [6, 6.07) is 9.53. The number of nitrogens with zero attached hydrogens (tertiary/aromatic N) is 2. The molecule has 1 aromatic heterocycles. The van der Waals surface area contributed by atoms with Crippen molar-refractivity contribution < 1.29 is 4.79 Å². The molecule has 0 spiro atoms. The highest BCUT2D eigenvalue weighted by atomic mass is 79.9. The van der Waals surface area contributed by atoms with Crippen molar-refractivity contribution in [3.8, 4) is 0 Å². The molecule has 1 aliphatic rings. The van der Waals surface area contributed by atoms with Crippen LogP contribution >= 0.6 is 15.9 Å². The van der Waals surface area contributed by atoms with Gasteiger partial charge in [0, 0.05) is 23.2 Å². The molecule has 1 amide bonds. The molecule has 0 radical (unpaired) electrons. The highest BCUT2D eigenvalue weighted by Gasteiger charge is 2.17. The van der Waals surface area contributed by atoms with Crippen LogP contribution in [-0.4, -0.2) is 24.0 Å². The summed E-state index contributed by atoms with van der Waals surface area (Å²) < 4.78 is 1.03. The first kappa shape index (κ1) is 17.0. The van der Waals surface area contributed by atoms with E-state index in [1.807, 2.05) is 31.2 Å². The van der Waals surface area contributed by atoms with E-state index in [0.717, 1.165) is 40.4 Å². The van der Waals surface area contributed by atoms with E-state index in [1.165, 1.54) is 12.8 Å². The van der Waals surface area contributed by atoms with Gasteiger partial charge in [-0.3, -0.25) is 4.79 Å². The zero-order valence-electron chi connectivity index (χ0n) is 14.1. The highest BCUT2D eigenvalue weighted by Crippen LogP contribution is 2.23. The number of hydrogen-bond donors (Lipinski definition) is 1. The van der Waals surface area contributed by atoms with Gasteiger partial charge in [0.1, 0.15) is 5.69 Å². The minimum absolute atomic E-state index is 0.185. The van der Waals surface area contributed by atoms with Crippen LogP contribution in [0, 0.1) is 12.8 Å². The van der Waals surface area contributed by atoms with Crippen LogP contribution in [0.4, 0.5) is 11.4 Å². The third-order valence-corrected chi connectivity index (χ3v) is 5.43. The number of nitrogens with one attached hydrogen (secondary N) is 1. The molecule has 1 fully saturated rings. The lowest BCUT2D eigenvalue weighted by Crippen LogP contribution is -2.32. The minimum Gasteiger partial charge on any atom is -0.370 e. The zero-order valence-corrected chi connectivity index (χ0v) is 15.6. The van der Waals surface area contributed by atoms with Crippen molar-refractivity contribution in [2.24, 2.45) is 5.92 Å². The molecule has 24 heavy (non-hydrogen) atoms. The first-order valence-electron chi connectivity index (χ1n) is 8.31. The molecule has 1 aliphatic heterocycles. The molecule has 2 aromatic rings. The molecule has 4 nitrogen and oxygen atoms in total. The Bertz CT molecular complexity index is 722. The van der Waals surface area contributed by atoms with Gasteiger partial charge < -0.3 is 10.2 Å². The molecule has 1 aromatic carbocycles. The molecule has 2 heterocycles. The second-order valence-electron chi connectivity index (χ2n) is 6.49. The summed E-state index contributed by atoms with van der Waals surface area (Å²) in [7, 11) is 0. The Morgan fingerprint density at radius 2 is 2.00 bits per heavy atom. The van der Waals surface area contributed by atoms with Crippen LogP contribution in [0.5, 0.6) is 0 Å². The molecule has 0 atom stereocenters. The first-order valence-corrected chi connectivity index (χ1v) is 9.11. The Morgan fingerprint density at radius 3 is 2.62 bits per heavy atom. The number of hydrogen-bond acceptors (Lipinski definition) is 3. The maximum Gasteiger partial charge on any atom is 0.274 e. The quantitative estimate of drug-likeness (QED) is 0.833. The third kappa shape index (κ3) is 3.96. The zero-order chi connectivity index (χ0) is 17.1. The number of pyridine rings is 1. The van der Waals surface area contributed by atoms with Crippen LogP contribution in [-0.2, 0) is 0 Å². The number of carbonyl (C=O) groups is 1. The van der Waals surface area contributed by atoms with Crippen molar-refractivity contribution in [3.05, 3.63) is 52.3 Å². The average molecular weight is 388 g/mol. The molecule has 5 heteroatoms. The van der Waals surface area contributed by atoms with Crippen LogP contribution in [0.25, 0.3) is 0 Å². The van der Waals surface area contributed by atoms with E-state index in [1.54, 1.807) is 12.3 Å². The standard InChI is InChI=1S/C19H22BrN3O/c1-13-7-9-23(10-8-13)16-4-6-18(21-12-16)19(24)22-15-3-5-17(20)14(2)11-15/h3-6,11-13H,7-10H2,1-2H3,(H,22,24). The number of benzene rings is 1. The number of halogens is 1. The summed E-state index contributed by atoms with van der Waals surface area (Å²) in [4.78, 5) is 19.0. The van der Waals surface area contributed by atoms with E-state index >= 15 is 0 Å². The Kier molecular flexibility index (Phi) is 5.19. The molecule has 0 aliphatic carbocycles. The van der Waals surface area contributed by atoms with Gasteiger partial charge in [0.2, 0.25) is 0 Å². The second kappa shape index (κ2) is 7.34. The summed E-state index contributed by atoms with van der Waals surface area (Å²) >= 11 is 3.46. The van der Waals surface area contributed by atoms with Crippen molar-refractivity contribution in [1.29, 1.82) is 0 Å². The predicted molar refractivity (Wildman–Crippen MR) is 102 cm³/mol. The minimum atomic E-state index is -0.185. The monoisotopic (exact) mass is 387 g/mol. The lowest BCUT2D eigenvalue weighted by molar-refractivity contribution is 0.102. The maximum absolute atomic E-state index is 12.3. The predicted octanol–water partition coefficient (Wildman–Crippen LogP) is 4.64. The molecule has 0 saturated carbocycles. The van der Waals surface area contributed by atoms with Crippen LogP contribution in [0.1, 0.15) is 35.8 Å². The largest absolute Gasteiger partial charge is 0.370 e. The van der Waals surface area contributed by atoms with Gasteiger partial charge in [-0.2, -0.15) is 0 Å². The second-order valence-corrected chi connectivity index (χ2v) is 7.34. The molecule has 1 saturated heterocycles. The Balaban J connectivity index is 1.66. The fraction of sp³-hybridized carbons (Fsp3) is 0.368. The third-order valence-electron chi connectivity index (χ3n) is 4.55. The van der Waals surface area contributed by atoms with E-state index < -0.39 is 0 Å². The fourth-order valence-corrected chi connectivity index (χ4v) is 3.14. The maximum atomic E-state index is 12.3. The van der Waals surface area contributed by atoms with E-state index in [4.69, 9.17) is 0 Å². The average Bonchev–Trinajstić information content (AvgIpc) is 2.59. The number of aryl methyl sites for hydroxylation is 1. The number of piperidine rings is 1. The van der Waals surface area contributed by atoms with Gasteiger partial charge in [-0.1, -0.05) is 22.9 Å². The lowest BCUT2D eigenvalue weighted by atomic mass is 9.99. The summed E-state index contributed by atoms with van der Waals surface area (Å²) in [5.41, 5.74) is 3.38. The first-order chi connectivity index (χ1) is 11.5. The summed E-state index contributed by atoms with van der Waals surface area (Å²) in [6.07, 6.45) is 4.23. The van der Waals surface area contributed by atoms with E-state index in [9.17, 15) is 4.79 Å². The smallest absolute Gasteiger partial charge is 0.274 e. The van der Waals surface area contributed by atoms with Crippen molar-refractivity contribution in [3.63, 3.8) is 0 Å². The van der Waals surface area contributed by atoms with Crippen molar-refractivity contribution in [2.75, 3.05) is 23.3 Å². The fourth-order valence-electron chi connectivity index (χ4n) is 2.89. The Morgan fingerprint density at radius 1 is 1.25 bits per heavy atom. The molecular weight excluding hydrogens is 366 g/mol. The number of carbonyl (C=O) groups excluding carboxylic acids is 1. The van der Waals surface area contributed by atoms with Crippen LogP contribution in [0.3, 0.4) is 0 Å². The van der Waals surface area contributed by atoms with E-state index in [0.29, 0.717) is 5.69 Å². The van der Waals surface area contributed by atoms with Crippen molar-refractivity contribution in [1.82, 2.24) is 4.98 Å². The van der Waals surface area contributed by atoms with Gasteiger partial charge in [0.25, 0.3) is 5.91 Å². The molecule has 0 unspecified atom stereocenters. The lowest BCUT2D eigenvalue weighted by Gasteiger charge is -2.31. The summed E-state index contributed by atoms with van der Waals surface area (Å²) in [6.45, 7) is 6.41. The Labute approximate surface area is 151 Å². The van der Waals surface area contributed by atoms with Crippen molar-refractivity contribution in [2.45, 2.75) is 26.7 Å². The SMILES string of the molecule is Cc1cc(NC(=O)c2ccc(N3CCC(C)CC3)cn2)ccc1Br. The molecule has 126 valence electrons. The van der Waals surface area contributed by atoms with Crippen LogP contribution < -0.4 is 10.2 Å². The van der Waals surface area contributed by atoms with Gasteiger partial charge >= 0.3 is 0 Å². The van der Waals surface area contributed by atoms with Gasteiger partial charge in [0.05, 0.1) is 11.9 Å². The highest BCUT2D eigenvalue weighted by molar-refractivity contribution is 9.10. The molecule has 1 N–H and O–H groups in total. The normalized spacial score (nSPS) is 15.4. The number of anilines is 2. The van der Waals surface area contributed by atoms with Crippen LogP contribution in [0.2, 0.25) is 0 Å². The summed E-state index contributed by atoms with van der Waals surface area (Å²) in [5.74, 6) is 0.615. The van der Waals surface area contributed by atoms with E-state index in [2.05, 4.69) is 38.1 Å². The topological polar surface area (TPSA) is 45.2 Å². The van der Waals surface area contributed by atoms with Gasteiger partial charge in [-0.05, 0) is 61.6 Å². The van der Waals surface area contributed by atoms with Gasteiger partial charge in [0.15, 0.2) is 0 Å². The van der Waals surface area contributed by atoms with Gasteiger partial charge in [-0.15, -0.1) is 0 Å². The number of aromatic nitrogens is 1. The van der Waals surface area contributed by atoms with E-state index in [-0.39, 0.29) is 5.91 Å². The molecular formula is C19H22BrN3O. The molecule has 0 bridgehead atoms. The van der Waals surface area contributed by atoms with Crippen molar-refractivity contribution >= 4 is 33.2 Å². The summed E-state index contributed by atoms with van der Waals surface area (Å²) in [5, 5.41) is 2.90. The number of amides is 1. The number of rotatable bonds is 3. The van der Waals surface area contributed by atoms with Gasteiger partial charge in [-0.25, -0.2) is 4.98 Å². The molecule has 3 rings (SSSR count).